The first kappa shape index (κ1) is 15.8. The predicted octanol–water partition coefficient (Wildman–Crippen LogP) is 3.67. The van der Waals surface area contributed by atoms with Crippen molar-refractivity contribution in [1.82, 2.24) is 0 Å². The Labute approximate surface area is 130 Å². The molecule has 116 valence electrons. The van der Waals surface area contributed by atoms with Crippen LogP contribution in [0.1, 0.15) is 11.1 Å². The van der Waals surface area contributed by atoms with Gasteiger partial charge >= 0.3 is 0 Å². The summed E-state index contributed by atoms with van der Waals surface area (Å²) < 4.78 is 15.7. The number of phenolic OH excluding ortho intramolecular Hbond substituents is 1. The fourth-order valence-electron chi connectivity index (χ4n) is 2.13. The monoisotopic (exact) mass is 300 g/mol. The van der Waals surface area contributed by atoms with Gasteiger partial charge in [-0.25, -0.2) is 0 Å². The molecule has 0 unspecified atom stereocenters. The first-order chi connectivity index (χ1) is 10.7. The third-order valence-corrected chi connectivity index (χ3v) is 3.34. The van der Waals surface area contributed by atoms with Gasteiger partial charge < -0.3 is 19.3 Å². The summed E-state index contributed by atoms with van der Waals surface area (Å²) in [6.07, 6.45) is 4.56. The smallest absolute Gasteiger partial charge is 0.161 e. The van der Waals surface area contributed by atoms with Gasteiger partial charge in [0.1, 0.15) is 11.5 Å². The van der Waals surface area contributed by atoms with Gasteiger partial charge in [-0.3, -0.25) is 0 Å². The average molecular weight is 300 g/mol. The van der Waals surface area contributed by atoms with E-state index < -0.39 is 0 Å². The van der Waals surface area contributed by atoms with Crippen LogP contribution in [-0.4, -0.2) is 26.4 Å². The fourth-order valence-corrected chi connectivity index (χ4v) is 2.13. The number of phenols is 1. The van der Waals surface area contributed by atoms with Gasteiger partial charge in [-0.2, -0.15) is 0 Å². The van der Waals surface area contributed by atoms with E-state index in [2.05, 4.69) is 0 Å². The highest BCUT2D eigenvalue weighted by Gasteiger charge is 2.03. The highest BCUT2D eigenvalue weighted by Crippen LogP contribution is 2.28. The van der Waals surface area contributed by atoms with E-state index in [1.807, 2.05) is 36.4 Å². The maximum absolute atomic E-state index is 9.85. The van der Waals surface area contributed by atoms with Crippen LogP contribution in [0.5, 0.6) is 23.0 Å². The number of rotatable bonds is 6. The minimum Gasteiger partial charge on any atom is -0.508 e. The van der Waals surface area contributed by atoms with Gasteiger partial charge in [0.2, 0.25) is 0 Å². The maximum atomic E-state index is 9.85. The SMILES string of the molecule is COc1ccc(O)c(CC=Cc2ccc(OC)c(OC)c2)c1. The van der Waals surface area contributed by atoms with Crippen molar-refractivity contribution in [3.8, 4) is 23.0 Å². The van der Waals surface area contributed by atoms with E-state index in [4.69, 9.17) is 14.2 Å². The van der Waals surface area contributed by atoms with Gasteiger partial charge in [0, 0.05) is 5.56 Å². The van der Waals surface area contributed by atoms with Gasteiger partial charge in [-0.05, 0) is 42.3 Å². The third kappa shape index (κ3) is 3.73. The average Bonchev–Trinajstić information content (AvgIpc) is 2.56. The molecule has 4 nitrogen and oxygen atoms in total. The molecule has 0 bridgehead atoms. The van der Waals surface area contributed by atoms with E-state index in [1.54, 1.807) is 33.5 Å². The number of allylic oxidation sites excluding steroid dienone is 1. The molecule has 0 aliphatic rings. The van der Waals surface area contributed by atoms with Crippen LogP contribution in [0.15, 0.2) is 42.5 Å². The van der Waals surface area contributed by atoms with Crippen LogP contribution in [0.3, 0.4) is 0 Å². The Kier molecular flexibility index (Phi) is 5.31. The van der Waals surface area contributed by atoms with Crippen molar-refractivity contribution >= 4 is 6.08 Å². The Bertz CT molecular complexity index is 662. The normalized spacial score (nSPS) is 10.7. The second-order valence-corrected chi connectivity index (χ2v) is 4.72. The van der Waals surface area contributed by atoms with Crippen LogP contribution >= 0.6 is 0 Å². The molecule has 0 fully saturated rings. The molecule has 0 saturated carbocycles. The molecule has 0 spiro atoms. The maximum Gasteiger partial charge on any atom is 0.161 e. The van der Waals surface area contributed by atoms with Crippen LogP contribution in [0.25, 0.3) is 6.08 Å². The predicted molar refractivity (Wildman–Crippen MR) is 86.9 cm³/mol. The molecule has 0 radical (unpaired) electrons. The quantitative estimate of drug-likeness (QED) is 0.884. The van der Waals surface area contributed by atoms with Crippen molar-refractivity contribution < 1.29 is 19.3 Å². The summed E-state index contributed by atoms with van der Waals surface area (Å²) in [6.45, 7) is 0. The molecule has 4 heteroatoms. The summed E-state index contributed by atoms with van der Waals surface area (Å²) in [4.78, 5) is 0. The minimum atomic E-state index is 0.262. The Morgan fingerprint density at radius 2 is 1.68 bits per heavy atom. The topological polar surface area (TPSA) is 47.9 Å². The number of methoxy groups -OCH3 is 3. The van der Waals surface area contributed by atoms with Crippen molar-refractivity contribution in [2.75, 3.05) is 21.3 Å². The Morgan fingerprint density at radius 1 is 0.909 bits per heavy atom. The van der Waals surface area contributed by atoms with Crippen molar-refractivity contribution in [1.29, 1.82) is 0 Å². The molecule has 0 heterocycles. The van der Waals surface area contributed by atoms with E-state index in [0.717, 1.165) is 16.9 Å². The van der Waals surface area contributed by atoms with Crippen molar-refractivity contribution in [3.05, 3.63) is 53.6 Å². The molecule has 2 rings (SSSR count). The summed E-state index contributed by atoms with van der Waals surface area (Å²) in [5, 5.41) is 9.85. The van der Waals surface area contributed by atoms with Gasteiger partial charge in [-0.1, -0.05) is 18.2 Å². The molecule has 2 aromatic rings. The molecule has 0 amide bonds. The lowest BCUT2D eigenvalue weighted by molar-refractivity contribution is 0.355. The number of hydrogen-bond acceptors (Lipinski definition) is 4. The Morgan fingerprint density at radius 3 is 2.36 bits per heavy atom. The molecule has 0 aliphatic heterocycles. The van der Waals surface area contributed by atoms with Gasteiger partial charge in [0.05, 0.1) is 21.3 Å². The van der Waals surface area contributed by atoms with Crippen LogP contribution in [-0.2, 0) is 6.42 Å². The van der Waals surface area contributed by atoms with Crippen molar-refractivity contribution in [3.63, 3.8) is 0 Å². The molecular weight excluding hydrogens is 280 g/mol. The molecular formula is C18H20O4. The number of aromatic hydroxyl groups is 1. The number of ether oxygens (including phenoxy) is 3. The van der Waals surface area contributed by atoms with Crippen LogP contribution in [0.4, 0.5) is 0 Å². The molecule has 0 aromatic heterocycles. The van der Waals surface area contributed by atoms with E-state index in [1.165, 1.54) is 0 Å². The molecule has 22 heavy (non-hydrogen) atoms. The zero-order valence-corrected chi connectivity index (χ0v) is 13.0. The third-order valence-electron chi connectivity index (χ3n) is 3.34. The summed E-state index contributed by atoms with van der Waals surface area (Å²) >= 11 is 0. The largest absolute Gasteiger partial charge is 0.508 e. The van der Waals surface area contributed by atoms with E-state index >= 15 is 0 Å². The van der Waals surface area contributed by atoms with Crippen LogP contribution in [0, 0.1) is 0 Å². The summed E-state index contributed by atoms with van der Waals surface area (Å²) in [5.74, 6) is 2.38. The molecule has 2 aromatic carbocycles. The molecule has 1 N–H and O–H groups in total. The van der Waals surface area contributed by atoms with Crippen molar-refractivity contribution in [2.45, 2.75) is 6.42 Å². The van der Waals surface area contributed by atoms with Crippen LogP contribution in [0.2, 0.25) is 0 Å². The highest BCUT2D eigenvalue weighted by molar-refractivity contribution is 5.56. The van der Waals surface area contributed by atoms with E-state index in [9.17, 15) is 5.11 Å². The second-order valence-electron chi connectivity index (χ2n) is 4.72. The van der Waals surface area contributed by atoms with Crippen LogP contribution < -0.4 is 14.2 Å². The first-order valence-corrected chi connectivity index (χ1v) is 6.92. The van der Waals surface area contributed by atoms with E-state index in [-0.39, 0.29) is 5.75 Å². The molecule has 0 atom stereocenters. The Hall–Kier alpha value is -2.62. The summed E-state index contributed by atoms with van der Waals surface area (Å²) in [7, 11) is 4.83. The van der Waals surface area contributed by atoms with Gasteiger partial charge in [-0.15, -0.1) is 0 Å². The first-order valence-electron chi connectivity index (χ1n) is 6.92. The van der Waals surface area contributed by atoms with Crippen molar-refractivity contribution in [2.24, 2.45) is 0 Å². The fraction of sp³-hybridized carbons (Fsp3) is 0.222. The number of hydrogen-bond donors (Lipinski definition) is 1. The minimum absolute atomic E-state index is 0.262. The molecule has 0 aliphatic carbocycles. The van der Waals surface area contributed by atoms with E-state index in [0.29, 0.717) is 17.9 Å². The number of benzene rings is 2. The highest BCUT2D eigenvalue weighted by atomic mass is 16.5. The lowest BCUT2D eigenvalue weighted by atomic mass is 10.1. The zero-order chi connectivity index (χ0) is 15.9. The zero-order valence-electron chi connectivity index (χ0n) is 13.0. The summed E-state index contributed by atoms with van der Waals surface area (Å²) in [6, 6.07) is 10.9. The standard InChI is InChI=1S/C18H20O4/c1-20-15-8-9-16(19)14(12-15)6-4-5-13-7-10-17(21-2)18(11-13)22-3/h4-5,7-12,19H,6H2,1-3H3. The Balaban J connectivity index is 2.12. The van der Waals surface area contributed by atoms with Gasteiger partial charge in [0.15, 0.2) is 11.5 Å². The van der Waals surface area contributed by atoms with Gasteiger partial charge in [0.25, 0.3) is 0 Å². The second kappa shape index (κ2) is 7.41. The lowest BCUT2D eigenvalue weighted by Gasteiger charge is -2.08. The lowest BCUT2D eigenvalue weighted by Crippen LogP contribution is -1.90. The summed E-state index contributed by atoms with van der Waals surface area (Å²) in [5.41, 5.74) is 1.82. The molecule has 0 saturated heterocycles.